The van der Waals surface area contributed by atoms with E-state index in [1.807, 2.05) is 103 Å². The lowest BCUT2D eigenvalue weighted by Gasteiger charge is -2.22. The first-order valence-corrected chi connectivity index (χ1v) is 10.9. The van der Waals surface area contributed by atoms with E-state index in [9.17, 15) is 4.79 Å². The van der Waals surface area contributed by atoms with Gasteiger partial charge in [0.15, 0.2) is 0 Å². The van der Waals surface area contributed by atoms with E-state index >= 15 is 0 Å². The molecule has 1 amide bonds. The summed E-state index contributed by atoms with van der Waals surface area (Å²) in [5.41, 5.74) is 5.42. The number of aryl methyl sites for hydroxylation is 1. The van der Waals surface area contributed by atoms with Gasteiger partial charge in [0, 0.05) is 10.6 Å². The van der Waals surface area contributed by atoms with E-state index in [0.717, 1.165) is 27.8 Å². The highest BCUT2D eigenvalue weighted by Gasteiger charge is 2.21. The van der Waals surface area contributed by atoms with Gasteiger partial charge in [-0.2, -0.15) is 0 Å². The third kappa shape index (κ3) is 4.99. The van der Waals surface area contributed by atoms with Gasteiger partial charge in [0.1, 0.15) is 0 Å². The molecular formula is C29H24ClNO. The second-order valence-electron chi connectivity index (χ2n) is 7.62. The molecule has 0 aromatic heterocycles. The highest BCUT2D eigenvalue weighted by Crippen LogP contribution is 2.28. The maximum atomic E-state index is 13.7. The molecule has 158 valence electrons. The van der Waals surface area contributed by atoms with Crippen LogP contribution in [0.4, 0.5) is 0 Å². The van der Waals surface area contributed by atoms with E-state index in [0.29, 0.717) is 10.6 Å². The van der Waals surface area contributed by atoms with Crippen LogP contribution in [-0.4, -0.2) is 5.91 Å². The minimum absolute atomic E-state index is 0.159. The molecule has 4 aromatic rings. The molecule has 0 heterocycles. The minimum Gasteiger partial charge on any atom is -0.341 e. The summed E-state index contributed by atoms with van der Waals surface area (Å²) < 4.78 is 0. The number of nitrogens with one attached hydrogen (secondary N) is 1. The van der Waals surface area contributed by atoms with Crippen LogP contribution in [-0.2, 0) is 4.79 Å². The van der Waals surface area contributed by atoms with E-state index in [1.54, 1.807) is 0 Å². The van der Waals surface area contributed by atoms with Crippen molar-refractivity contribution in [3.63, 3.8) is 0 Å². The van der Waals surface area contributed by atoms with Crippen molar-refractivity contribution in [3.05, 3.63) is 142 Å². The highest BCUT2D eigenvalue weighted by atomic mass is 35.5. The number of benzene rings is 4. The first-order valence-electron chi connectivity index (χ1n) is 10.6. The number of amides is 1. The zero-order chi connectivity index (χ0) is 22.3. The minimum atomic E-state index is -0.275. The predicted octanol–water partition coefficient (Wildman–Crippen LogP) is 7.09. The number of carbonyl (C=O) groups is 1. The number of hydrogen-bond donors (Lipinski definition) is 1. The van der Waals surface area contributed by atoms with Crippen molar-refractivity contribution in [2.45, 2.75) is 13.0 Å². The fourth-order valence-electron chi connectivity index (χ4n) is 3.75. The topological polar surface area (TPSA) is 29.1 Å². The fourth-order valence-corrected chi connectivity index (χ4v) is 3.94. The second kappa shape index (κ2) is 10.1. The molecule has 0 spiro atoms. The fraction of sp³-hybridized carbons (Fsp3) is 0.0690. The molecule has 0 saturated heterocycles. The van der Waals surface area contributed by atoms with Crippen molar-refractivity contribution in [1.29, 1.82) is 0 Å². The van der Waals surface area contributed by atoms with E-state index in [2.05, 4.69) is 24.4 Å². The molecule has 0 unspecified atom stereocenters. The van der Waals surface area contributed by atoms with Crippen LogP contribution < -0.4 is 5.32 Å². The standard InChI is InChI=1S/C29H24ClNO/c1-21-12-8-10-18-25(21)28(23-15-6-3-7-16-23)31-29(32)26(22-13-4-2-5-14-22)20-24-17-9-11-19-27(24)30/h2-20,28H,1H3,(H,31,32)/b26-20+/t28-/m0/s1. The molecule has 32 heavy (non-hydrogen) atoms. The van der Waals surface area contributed by atoms with Gasteiger partial charge in [0.2, 0.25) is 0 Å². The maximum absolute atomic E-state index is 13.7. The van der Waals surface area contributed by atoms with Crippen LogP contribution in [0.15, 0.2) is 109 Å². The Labute approximate surface area is 194 Å². The van der Waals surface area contributed by atoms with Crippen molar-refractivity contribution >= 4 is 29.2 Å². The lowest BCUT2D eigenvalue weighted by Crippen LogP contribution is -2.30. The van der Waals surface area contributed by atoms with Crippen LogP contribution in [0.5, 0.6) is 0 Å². The molecule has 0 aliphatic carbocycles. The Morgan fingerprint density at radius 1 is 0.781 bits per heavy atom. The summed E-state index contributed by atoms with van der Waals surface area (Å²) in [6, 6.07) is 35.1. The Bertz CT molecular complexity index is 1230. The van der Waals surface area contributed by atoms with Gasteiger partial charge < -0.3 is 5.32 Å². The van der Waals surface area contributed by atoms with Gasteiger partial charge in [-0.15, -0.1) is 0 Å². The van der Waals surface area contributed by atoms with E-state index < -0.39 is 0 Å². The lowest BCUT2D eigenvalue weighted by molar-refractivity contribution is -0.116. The average molecular weight is 438 g/mol. The number of hydrogen-bond acceptors (Lipinski definition) is 1. The Morgan fingerprint density at radius 3 is 2.06 bits per heavy atom. The predicted molar refractivity (Wildman–Crippen MR) is 133 cm³/mol. The molecule has 0 fully saturated rings. The van der Waals surface area contributed by atoms with Crippen LogP contribution in [0.25, 0.3) is 11.6 Å². The Kier molecular flexibility index (Phi) is 6.84. The van der Waals surface area contributed by atoms with Gasteiger partial charge >= 0.3 is 0 Å². The zero-order valence-electron chi connectivity index (χ0n) is 17.8. The second-order valence-corrected chi connectivity index (χ2v) is 8.03. The molecule has 0 radical (unpaired) electrons. The third-order valence-electron chi connectivity index (χ3n) is 5.44. The molecule has 0 aliphatic heterocycles. The maximum Gasteiger partial charge on any atom is 0.252 e. The van der Waals surface area contributed by atoms with Crippen molar-refractivity contribution in [1.82, 2.24) is 5.32 Å². The summed E-state index contributed by atoms with van der Waals surface area (Å²) in [4.78, 5) is 13.7. The third-order valence-corrected chi connectivity index (χ3v) is 5.79. The first kappa shape index (κ1) is 21.6. The van der Waals surface area contributed by atoms with Crippen molar-refractivity contribution in [2.24, 2.45) is 0 Å². The number of rotatable bonds is 6. The Balaban J connectivity index is 1.77. The molecule has 1 atom stereocenters. The molecule has 4 aromatic carbocycles. The van der Waals surface area contributed by atoms with E-state index in [4.69, 9.17) is 11.6 Å². The summed E-state index contributed by atoms with van der Waals surface area (Å²) in [5.74, 6) is -0.159. The van der Waals surface area contributed by atoms with Crippen LogP contribution in [0.3, 0.4) is 0 Å². The molecule has 0 aliphatic rings. The molecule has 0 saturated carbocycles. The largest absolute Gasteiger partial charge is 0.341 e. The normalized spacial score (nSPS) is 12.2. The molecule has 3 heteroatoms. The van der Waals surface area contributed by atoms with E-state index in [-0.39, 0.29) is 11.9 Å². The van der Waals surface area contributed by atoms with Gasteiger partial charge in [0.25, 0.3) is 5.91 Å². The lowest BCUT2D eigenvalue weighted by atomic mass is 9.94. The van der Waals surface area contributed by atoms with Crippen LogP contribution in [0.2, 0.25) is 5.02 Å². The van der Waals surface area contributed by atoms with E-state index in [1.165, 1.54) is 0 Å². The van der Waals surface area contributed by atoms with Crippen LogP contribution in [0, 0.1) is 6.92 Å². The van der Waals surface area contributed by atoms with Crippen molar-refractivity contribution < 1.29 is 4.79 Å². The molecule has 4 rings (SSSR count). The Hall–Kier alpha value is -3.62. The van der Waals surface area contributed by atoms with Crippen molar-refractivity contribution in [2.75, 3.05) is 0 Å². The molecule has 0 bridgehead atoms. The zero-order valence-corrected chi connectivity index (χ0v) is 18.6. The summed E-state index contributed by atoms with van der Waals surface area (Å²) >= 11 is 6.40. The molecule has 2 nitrogen and oxygen atoms in total. The van der Waals surface area contributed by atoms with Crippen LogP contribution >= 0.6 is 11.6 Å². The van der Waals surface area contributed by atoms with Gasteiger partial charge in [-0.3, -0.25) is 4.79 Å². The monoisotopic (exact) mass is 437 g/mol. The number of carbonyl (C=O) groups excluding carboxylic acids is 1. The summed E-state index contributed by atoms with van der Waals surface area (Å²) in [5, 5.41) is 3.88. The Morgan fingerprint density at radius 2 is 1.38 bits per heavy atom. The summed E-state index contributed by atoms with van der Waals surface area (Å²) in [7, 11) is 0. The van der Waals surface area contributed by atoms with Gasteiger partial charge in [0.05, 0.1) is 6.04 Å². The van der Waals surface area contributed by atoms with Gasteiger partial charge in [-0.05, 0) is 46.9 Å². The van der Waals surface area contributed by atoms with Crippen molar-refractivity contribution in [3.8, 4) is 0 Å². The summed E-state index contributed by atoms with van der Waals surface area (Å²) in [6.45, 7) is 2.06. The SMILES string of the molecule is Cc1ccccc1[C@@H](NC(=O)/C(=C/c1ccccc1Cl)c1ccccc1)c1ccccc1. The summed E-state index contributed by atoms with van der Waals surface area (Å²) in [6.07, 6.45) is 1.85. The quantitative estimate of drug-likeness (QED) is 0.253. The van der Waals surface area contributed by atoms with Gasteiger partial charge in [-0.1, -0.05) is 115 Å². The van der Waals surface area contributed by atoms with Gasteiger partial charge in [-0.25, -0.2) is 0 Å². The molecular weight excluding hydrogens is 414 g/mol. The molecule has 1 N–H and O–H groups in total. The first-order chi connectivity index (χ1) is 15.6. The average Bonchev–Trinajstić information content (AvgIpc) is 2.83. The van der Waals surface area contributed by atoms with Crippen LogP contribution in [0.1, 0.15) is 33.9 Å². The smallest absolute Gasteiger partial charge is 0.252 e. The number of halogens is 1. The highest BCUT2D eigenvalue weighted by molar-refractivity contribution is 6.33.